The summed E-state index contributed by atoms with van der Waals surface area (Å²) in [7, 11) is 0. The molecule has 4 aliphatic carbocycles. The maximum absolute atomic E-state index is 12.2. The van der Waals surface area contributed by atoms with E-state index in [1.54, 1.807) is 0 Å². The van der Waals surface area contributed by atoms with E-state index in [4.69, 9.17) is 11.6 Å². The van der Waals surface area contributed by atoms with Gasteiger partial charge in [-0.15, -0.1) is 0 Å². The van der Waals surface area contributed by atoms with Gasteiger partial charge in [0.25, 0.3) is 0 Å². The number of allylic oxidation sites excluding steroid dienone is 1. The summed E-state index contributed by atoms with van der Waals surface area (Å²) in [6.45, 7) is 12.4. The zero-order valence-corrected chi connectivity index (χ0v) is 20.3. The Morgan fingerprint density at radius 1 is 0.966 bits per heavy atom. The van der Waals surface area contributed by atoms with Gasteiger partial charge in [0.15, 0.2) is 5.78 Å². The molecule has 0 spiro atoms. The second-order valence-corrected chi connectivity index (χ2v) is 12.5. The molecule has 4 rings (SSSR count). The molecular weight excluding hydrogens is 376 g/mol. The van der Waals surface area contributed by atoms with Crippen LogP contribution < -0.4 is 0 Å². The van der Waals surface area contributed by atoms with Crippen LogP contribution in [0.4, 0.5) is 0 Å². The number of fused-ring (bicyclic) bond motifs is 5. The van der Waals surface area contributed by atoms with Crippen molar-refractivity contribution in [3.05, 3.63) is 10.6 Å². The van der Waals surface area contributed by atoms with E-state index in [0.717, 1.165) is 48.3 Å². The second-order valence-electron chi connectivity index (χ2n) is 12.1. The highest BCUT2D eigenvalue weighted by atomic mass is 35.5. The molecular formula is C27H43ClO. The summed E-state index contributed by atoms with van der Waals surface area (Å²) in [6.07, 6.45) is 13.9. The lowest BCUT2D eigenvalue weighted by Crippen LogP contribution is -2.51. The van der Waals surface area contributed by atoms with Crippen LogP contribution in [0.2, 0.25) is 0 Å². The zero-order chi connectivity index (χ0) is 21.0. The van der Waals surface area contributed by atoms with Gasteiger partial charge in [-0.1, -0.05) is 65.5 Å². The third kappa shape index (κ3) is 3.56. The Hall–Kier alpha value is -0.300. The monoisotopic (exact) mass is 418 g/mol. The van der Waals surface area contributed by atoms with E-state index >= 15 is 0 Å². The van der Waals surface area contributed by atoms with Gasteiger partial charge in [-0.05, 0) is 96.9 Å². The summed E-state index contributed by atoms with van der Waals surface area (Å²) in [6, 6.07) is 0. The molecule has 0 amide bonds. The smallest absolute Gasteiger partial charge is 0.174 e. The van der Waals surface area contributed by atoms with Crippen LogP contribution in [0.25, 0.3) is 0 Å². The van der Waals surface area contributed by atoms with Crippen LogP contribution in [0.3, 0.4) is 0 Å². The molecule has 1 nitrogen and oxygen atoms in total. The first kappa shape index (κ1) is 21.9. The van der Waals surface area contributed by atoms with Crippen LogP contribution >= 0.6 is 11.6 Å². The molecule has 3 saturated carbocycles. The summed E-state index contributed by atoms with van der Waals surface area (Å²) in [5, 5.41) is 0.619. The zero-order valence-electron chi connectivity index (χ0n) is 19.5. The molecule has 0 aromatic heterocycles. The van der Waals surface area contributed by atoms with Gasteiger partial charge in [-0.25, -0.2) is 0 Å². The molecule has 3 fully saturated rings. The van der Waals surface area contributed by atoms with Crippen LogP contribution in [0.5, 0.6) is 0 Å². The predicted octanol–water partition coefficient (Wildman–Crippen LogP) is 8.16. The Balaban J connectivity index is 1.52. The minimum Gasteiger partial charge on any atom is -0.293 e. The molecule has 0 N–H and O–H groups in total. The van der Waals surface area contributed by atoms with E-state index in [1.807, 2.05) is 0 Å². The second kappa shape index (κ2) is 7.99. The van der Waals surface area contributed by atoms with E-state index < -0.39 is 0 Å². The van der Waals surface area contributed by atoms with Crippen molar-refractivity contribution in [2.24, 2.45) is 46.3 Å². The fourth-order valence-corrected chi connectivity index (χ4v) is 9.08. The molecule has 0 radical (unpaired) electrons. The summed E-state index contributed by atoms with van der Waals surface area (Å²) in [4.78, 5) is 12.2. The lowest BCUT2D eigenvalue weighted by atomic mass is 9.46. The molecule has 0 heterocycles. The Bertz CT molecular complexity index is 678. The number of rotatable bonds is 5. The standard InChI is InChI=1S/C27H43ClO/c1-17(2)7-6-8-18(3)20-11-12-21-19-9-10-23-25(28)24(29)14-16-27(23,5)22(19)13-15-26(20,21)4/h17-22H,6-16H2,1-5H3. The van der Waals surface area contributed by atoms with Gasteiger partial charge in [0.2, 0.25) is 0 Å². The topological polar surface area (TPSA) is 17.1 Å². The highest BCUT2D eigenvalue weighted by molar-refractivity contribution is 6.43. The number of ketones is 1. The van der Waals surface area contributed by atoms with Crippen LogP contribution in [-0.4, -0.2) is 5.78 Å². The third-order valence-corrected chi connectivity index (χ3v) is 10.7. The minimum absolute atomic E-state index is 0.191. The molecule has 0 bridgehead atoms. The normalized spacial score (nSPS) is 43.2. The lowest BCUT2D eigenvalue weighted by Gasteiger charge is -2.58. The van der Waals surface area contributed by atoms with Crippen molar-refractivity contribution >= 4 is 17.4 Å². The number of hydrogen-bond donors (Lipinski definition) is 0. The van der Waals surface area contributed by atoms with Gasteiger partial charge in [0, 0.05) is 6.42 Å². The van der Waals surface area contributed by atoms with Gasteiger partial charge >= 0.3 is 0 Å². The molecule has 0 aromatic rings. The van der Waals surface area contributed by atoms with Crippen molar-refractivity contribution in [2.75, 3.05) is 0 Å². The van der Waals surface area contributed by atoms with Gasteiger partial charge in [0.05, 0.1) is 5.03 Å². The van der Waals surface area contributed by atoms with Crippen LogP contribution in [0.15, 0.2) is 10.6 Å². The summed E-state index contributed by atoms with van der Waals surface area (Å²) in [5.41, 5.74) is 2.07. The first-order chi connectivity index (χ1) is 13.7. The summed E-state index contributed by atoms with van der Waals surface area (Å²) < 4.78 is 0. The Morgan fingerprint density at radius 2 is 1.72 bits per heavy atom. The number of halogens is 1. The van der Waals surface area contributed by atoms with E-state index in [1.165, 1.54) is 56.9 Å². The van der Waals surface area contributed by atoms with Crippen molar-refractivity contribution in [3.63, 3.8) is 0 Å². The van der Waals surface area contributed by atoms with Gasteiger partial charge in [-0.3, -0.25) is 4.79 Å². The molecule has 164 valence electrons. The van der Waals surface area contributed by atoms with E-state index in [-0.39, 0.29) is 11.2 Å². The van der Waals surface area contributed by atoms with Gasteiger partial charge in [0.1, 0.15) is 0 Å². The number of carbonyl (C=O) groups excluding carboxylic acids is 1. The highest BCUT2D eigenvalue weighted by Gasteiger charge is 2.59. The number of hydrogen-bond acceptors (Lipinski definition) is 1. The molecule has 0 aliphatic heterocycles. The average Bonchev–Trinajstić information content (AvgIpc) is 3.02. The summed E-state index contributed by atoms with van der Waals surface area (Å²) in [5.74, 6) is 5.33. The van der Waals surface area contributed by atoms with Crippen molar-refractivity contribution in [1.29, 1.82) is 0 Å². The fraction of sp³-hybridized carbons (Fsp3) is 0.889. The van der Waals surface area contributed by atoms with Crippen molar-refractivity contribution < 1.29 is 4.79 Å². The Morgan fingerprint density at radius 3 is 2.45 bits per heavy atom. The predicted molar refractivity (Wildman–Crippen MR) is 123 cm³/mol. The molecule has 4 aliphatic rings. The minimum atomic E-state index is 0.191. The van der Waals surface area contributed by atoms with E-state index in [2.05, 4.69) is 34.6 Å². The number of Topliss-reactive ketones (excluding diaryl/α,β-unsaturated/α-hetero) is 1. The highest BCUT2D eigenvalue weighted by Crippen LogP contribution is 2.68. The van der Waals surface area contributed by atoms with Gasteiger partial charge < -0.3 is 0 Å². The Labute approximate surface area is 184 Å². The SMILES string of the molecule is CC(C)CCCC(C)C1CCC2C3CCC4=C(Cl)C(=O)CCC4(C)C3CCC12C. The molecule has 0 saturated heterocycles. The van der Waals surface area contributed by atoms with E-state index in [9.17, 15) is 4.79 Å². The molecule has 7 unspecified atom stereocenters. The lowest BCUT2D eigenvalue weighted by molar-refractivity contribution is -0.118. The molecule has 2 heteroatoms. The first-order valence-electron chi connectivity index (χ1n) is 12.6. The molecule has 7 atom stereocenters. The maximum atomic E-state index is 12.2. The third-order valence-electron chi connectivity index (χ3n) is 10.3. The van der Waals surface area contributed by atoms with Crippen LogP contribution in [-0.2, 0) is 4.79 Å². The number of carbonyl (C=O) groups is 1. The largest absolute Gasteiger partial charge is 0.293 e. The molecule has 0 aromatic carbocycles. The van der Waals surface area contributed by atoms with Crippen molar-refractivity contribution in [1.82, 2.24) is 0 Å². The maximum Gasteiger partial charge on any atom is 0.174 e. The average molecular weight is 419 g/mol. The summed E-state index contributed by atoms with van der Waals surface area (Å²) >= 11 is 6.57. The Kier molecular flexibility index (Phi) is 6.04. The van der Waals surface area contributed by atoms with Crippen molar-refractivity contribution in [3.8, 4) is 0 Å². The van der Waals surface area contributed by atoms with Crippen molar-refractivity contribution in [2.45, 2.75) is 105 Å². The fourth-order valence-electron chi connectivity index (χ4n) is 8.67. The van der Waals surface area contributed by atoms with Crippen LogP contribution in [0, 0.1) is 46.3 Å². The van der Waals surface area contributed by atoms with Crippen LogP contribution in [0.1, 0.15) is 105 Å². The molecule has 29 heavy (non-hydrogen) atoms. The van der Waals surface area contributed by atoms with Gasteiger partial charge in [-0.2, -0.15) is 0 Å². The first-order valence-corrected chi connectivity index (χ1v) is 13.0. The quantitative estimate of drug-likeness (QED) is 0.440. The van der Waals surface area contributed by atoms with E-state index in [0.29, 0.717) is 16.9 Å².